The van der Waals surface area contributed by atoms with Crippen LogP contribution in [0, 0.1) is 0 Å². The van der Waals surface area contributed by atoms with E-state index in [9.17, 15) is 13.2 Å². The maximum Gasteiger partial charge on any atom is 0.389 e. The zero-order valence-corrected chi connectivity index (χ0v) is 9.18. The average molecular weight is 264 g/mol. The van der Waals surface area contributed by atoms with Gasteiger partial charge in [-0.1, -0.05) is 5.16 Å². The summed E-state index contributed by atoms with van der Waals surface area (Å²) in [5, 5.41) is 11.1. The summed E-state index contributed by atoms with van der Waals surface area (Å²) in [5.41, 5.74) is 5.40. The molecule has 0 saturated carbocycles. The van der Waals surface area contributed by atoms with Crippen molar-refractivity contribution in [3.8, 4) is 6.01 Å². The molecule has 1 heterocycles. The molecule has 1 rings (SSSR count). The smallest absolute Gasteiger partial charge is 0.389 e. The largest absolute Gasteiger partial charge is 0.463 e. The van der Waals surface area contributed by atoms with Crippen molar-refractivity contribution in [2.75, 3.05) is 6.61 Å². The van der Waals surface area contributed by atoms with Gasteiger partial charge in [0.15, 0.2) is 5.84 Å². The number of halogens is 3. The highest BCUT2D eigenvalue weighted by atomic mass is 19.4. The number of hydrogen-bond donors (Lipinski definition) is 2. The highest BCUT2D eigenvalue weighted by Crippen LogP contribution is 2.21. The number of amidine groups is 1. The highest BCUT2D eigenvalue weighted by molar-refractivity contribution is 5.95. The molecule has 3 N–H and O–H groups in total. The fraction of sp³-hybridized carbons (Fsp3) is 0.444. The summed E-state index contributed by atoms with van der Waals surface area (Å²) in [4.78, 5) is 7.43. The molecule has 0 bridgehead atoms. The molecule has 0 aliphatic rings. The van der Waals surface area contributed by atoms with E-state index >= 15 is 0 Å². The second kappa shape index (κ2) is 6.03. The molecule has 100 valence electrons. The molecule has 0 atom stereocenters. The van der Waals surface area contributed by atoms with Crippen LogP contribution in [-0.4, -0.2) is 33.8 Å². The summed E-state index contributed by atoms with van der Waals surface area (Å²) in [6, 6.07) is 1.25. The lowest BCUT2D eigenvalue weighted by Crippen LogP contribution is -2.16. The van der Waals surface area contributed by atoms with E-state index in [1.807, 2.05) is 0 Å². The quantitative estimate of drug-likeness (QED) is 0.275. The van der Waals surface area contributed by atoms with E-state index in [1.165, 1.54) is 12.3 Å². The van der Waals surface area contributed by atoms with Gasteiger partial charge in [-0.3, -0.25) is 0 Å². The summed E-state index contributed by atoms with van der Waals surface area (Å²) in [6.07, 6.45) is -4.05. The number of aromatic nitrogens is 2. The van der Waals surface area contributed by atoms with Gasteiger partial charge >= 0.3 is 12.2 Å². The number of alkyl halides is 3. The Balaban J connectivity index is 2.48. The molecule has 0 aliphatic heterocycles. The minimum Gasteiger partial charge on any atom is -0.463 e. The molecule has 0 aliphatic carbocycles. The molecular formula is C9H11F3N4O2. The Kier molecular flexibility index (Phi) is 4.69. The molecule has 0 radical (unpaired) electrons. The van der Waals surface area contributed by atoms with Crippen LogP contribution in [-0.2, 0) is 0 Å². The van der Waals surface area contributed by atoms with Gasteiger partial charge < -0.3 is 15.7 Å². The maximum atomic E-state index is 11.9. The van der Waals surface area contributed by atoms with Crippen molar-refractivity contribution in [1.82, 2.24) is 9.97 Å². The number of nitrogens with zero attached hydrogens (tertiary/aromatic N) is 3. The third kappa shape index (κ3) is 4.85. The van der Waals surface area contributed by atoms with E-state index in [0.29, 0.717) is 0 Å². The summed E-state index contributed by atoms with van der Waals surface area (Å²) in [5.74, 6) is -0.238. The minimum atomic E-state index is -4.21. The van der Waals surface area contributed by atoms with Crippen molar-refractivity contribution >= 4 is 5.84 Å². The number of ether oxygens (including phenoxy) is 1. The summed E-state index contributed by atoms with van der Waals surface area (Å²) < 4.78 is 40.5. The Bertz CT molecular complexity index is 423. The fourth-order valence-corrected chi connectivity index (χ4v) is 1.04. The van der Waals surface area contributed by atoms with Crippen LogP contribution in [0.1, 0.15) is 18.5 Å². The van der Waals surface area contributed by atoms with E-state index in [4.69, 9.17) is 15.7 Å². The lowest BCUT2D eigenvalue weighted by molar-refractivity contribution is -0.136. The monoisotopic (exact) mass is 264 g/mol. The van der Waals surface area contributed by atoms with E-state index in [-0.39, 0.29) is 30.6 Å². The second-order valence-electron chi connectivity index (χ2n) is 3.28. The van der Waals surface area contributed by atoms with Gasteiger partial charge in [0.25, 0.3) is 0 Å². The zero-order valence-electron chi connectivity index (χ0n) is 9.18. The van der Waals surface area contributed by atoms with Crippen LogP contribution in [0.25, 0.3) is 0 Å². The highest BCUT2D eigenvalue weighted by Gasteiger charge is 2.26. The van der Waals surface area contributed by atoms with Gasteiger partial charge in [0.1, 0.15) is 5.69 Å². The molecule has 0 amide bonds. The van der Waals surface area contributed by atoms with Crippen molar-refractivity contribution in [3.05, 3.63) is 18.0 Å². The van der Waals surface area contributed by atoms with Crippen LogP contribution >= 0.6 is 0 Å². The molecule has 9 heteroatoms. The summed E-state index contributed by atoms with van der Waals surface area (Å²) in [6.45, 7) is -0.168. The number of rotatable bonds is 5. The zero-order chi connectivity index (χ0) is 13.6. The van der Waals surface area contributed by atoms with Crippen molar-refractivity contribution in [1.29, 1.82) is 0 Å². The SMILES string of the molecule is N/C(=N/O)c1ccnc(OCCCC(F)(F)F)n1. The van der Waals surface area contributed by atoms with E-state index in [2.05, 4.69) is 15.1 Å². The van der Waals surface area contributed by atoms with Crippen LogP contribution < -0.4 is 10.5 Å². The van der Waals surface area contributed by atoms with Gasteiger partial charge in [-0.15, -0.1) is 0 Å². The molecule has 18 heavy (non-hydrogen) atoms. The second-order valence-corrected chi connectivity index (χ2v) is 3.28. The Morgan fingerprint density at radius 2 is 2.22 bits per heavy atom. The van der Waals surface area contributed by atoms with Crippen LogP contribution in [0.5, 0.6) is 6.01 Å². The molecular weight excluding hydrogens is 253 g/mol. The molecule has 1 aromatic rings. The van der Waals surface area contributed by atoms with Gasteiger partial charge in [0.05, 0.1) is 6.61 Å². The van der Waals surface area contributed by atoms with Gasteiger partial charge in [-0.05, 0) is 12.5 Å². The van der Waals surface area contributed by atoms with E-state index < -0.39 is 12.6 Å². The van der Waals surface area contributed by atoms with Crippen molar-refractivity contribution in [3.63, 3.8) is 0 Å². The number of oxime groups is 1. The molecule has 6 nitrogen and oxygen atoms in total. The van der Waals surface area contributed by atoms with Crippen molar-refractivity contribution in [2.24, 2.45) is 10.9 Å². The van der Waals surface area contributed by atoms with Crippen molar-refractivity contribution < 1.29 is 23.1 Å². The molecule has 1 aromatic heterocycles. The first-order valence-corrected chi connectivity index (χ1v) is 4.93. The summed E-state index contributed by atoms with van der Waals surface area (Å²) in [7, 11) is 0. The fourth-order valence-electron chi connectivity index (χ4n) is 1.04. The normalized spacial score (nSPS) is 12.5. The first-order valence-electron chi connectivity index (χ1n) is 4.93. The van der Waals surface area contributed by atoms with Gasteiger partial charge in [-0.2, -0.15) is 18.2 Å². The van der Waals surface area contributed by atoms with Gasteiger partial charge in [0.2, 0.25) is 0 Å². The van der Waals surface area contributed by atoms with Gasteiger partial charge in [-0.25, -0.2) is 4.98 Å². The van der Waals surface area contributed by atoms with E-state index in [1.54, 1.807) is 0 Å². The predicted molar refractivity (Wildman–Crippen MR) is 55.3 cm³/mol. The Morgan fingerprint density at radius 1 is 1.50 bits per heavy atom. The summed E-state index contributed by atoms with van der Waals surface area (Å²) >= 11 is 0. The first-order chi connectivity index (χ1) is 8.42. The van der Waals surface area contributed by atoms with E-state index in [0.717, 1.165) is 0 Å². The third-order valence-corrected chi connectivity index (χ3v) is 1.84. The Labute approximate surface area is 100 Å². The lowest BCUT2D eigenvalue weighted by atomic mass is 10.3. The molecule has 0 saturated heterocycles. The Morgan fingerprint density at radius 3 is 2.83 bits per heavy atom. The topological polar surface area (TPSA) is 93.6 Å². The Hall–Kier alpha value is -2.06. The van der Waals surface area contributed by atoms with Crippen LogP contribution in [0.2, 0.25) is 0 Å². The molecule has 0 fully saturated rings. The van der Waals surface area contributed by atoms with Crippen LogP contribution in [0.3, 0.4) is 0 Å². The van der Waals surface area contributed by atoms with Gasteiger partial charge in [0, 0.05) is 12.6 Å². The molecule has 0 aromatic carbocycles. The maximum absolute atomic E-state index is 11.9. The lowest BCUT2D eigenvalue weighted by Gasteiger charge is -2.07. The standard InChI is InChI=1S/C9H11F3N4O2/c10-9(11,12)3-1-5-18-8-14-4-2-6(15-8)7(13)16-17/h2,4,17H,1,3,5H2,(H2,13,16). The van der Waals surface area contributed by atoms with Crippen LogP contribution in [0.15, 0.2) is 17.4 Å². The predicted octanol–water partition coefficient (Wildman–Crippen LogP) is 1.29. The molecule has 0 unspecified atom stereocenters. The minimum absolute atomic E-state index is 0.123. The third-order valence-electron chi connectivity index (χ3n) is 1.84. The number of hydrogen-bond acceptors (Lipinski definition) is 5. The van der Waals surface area contributed by atoms with Crippen LogP contribution in [0.4, 0.5) is 13.2 Å². The van der Waals surface area contributed by atoms with Crippen molar-refractivity contribution in [2.45, 2.75) is 19.0 Å². The average Bonchev–Trinajstić information content (AvgIpc) is 2.33. The first kappa shape index (κ1) is 14.0. The molecule has 0 spiro atoms. The number of nitrogens with two attached hydrogens (primary N) is 1.